The maximum absolute atomic E-state index is 5.41. The first-order chi connectivity index (χ1) is 7.75. The molecule has 0 aromatic heterocycles. The first kappa shape index (κ1) is 12.1. The largest absolute Gasteiger partial charge is 0.487 e. The monoisotopic (exact) mass is 271 g/mol. The molecule has 86 valence electrons. The lowest BCUT2D eigenvalue weighted by Crippen LogP contribution is -2.17. The molecule has 1 fully saturated rings. The summed E-state index contributed by atoms with van der Waals surface area (Å²) in [4.78, 5) is 0.381. The minimum Gasteiger partial charge on any atom is -0.487 e. The van der Waals surface area contributed by atoms with Crippen molar-refractivity contribution in [1.29, 1.82) is 0 Å². The molecular formula is C11H13NOS3. The second kappa shape index (κ2) is 5.80. The maximum Gasteiger partial charge on any atom is 0.138 e. The fourth-order valence-electron chi connectivity index (χ4n) is 1.43. The van der Waals surface area contributed by atoms with Crippen LogP contribution in [-0.4, -0.2) is 23.1 Å². The molecule has 0 aliphatic carbocycles. The Kier molecular flexibility index (Phi) is 4.37. The number of ether oxygens (including phenoxy) is 1. The van der Waals surface area contributed by atoms with Gasteiger partial charge in [-0.25, -0.2) is 0 Å². The number of nitrogens with two attached hydrogens (primary N) is 1. The molecule has 0 atom stereocenters. The average Bonchev–Trinajstić information content (AvgIpc) is 2.80. The number of hydrogen-bond donors (Lipinski definition) is 1. The molecular weight excluding hydrogens is 258 g/mol. The van der Waals surface area contributed by atoms with Gasteiger partial charge >= 0.3 is 0 Å². The summed E-state index contributed by atoms with van der Waals surface area (Å²) < 4.78 is 5.99. The molecule has 0 spiro atoms. The normalized spacial score (nSPS) is 16.2. The molecule has 0 bridgehead atoms. The Balaban J connectivity index is 1.95. The summed E-state index contributed by atoms with van der Waals surface area (Å²) >= 11 is 8.76. The fraction of sp³-hybridized carbons (Fsp3) is 0.364. The molecule has 0 radical (unpaired) electrons. The summed E-state index contributed by atoms with van der Waals surface area (Å²) in [5.41, 5.74) is 6.73. The van der Waals surface area contributed by atoms with Gasteiger partial charge in [0, 0.05) is 11.5 Å². The van der Waals surface area contributed by atoms with E-state index in [9.17, 15) is 0 Å². The Morgan fingerprint density at radius 2 is 1.94 bits per heavy atom. The molecule has 0 saturated carbocycles. The first-order valence-electron chi connectivity index (χ1n) is 5.00. The van der Waals surface area contributed by atoms with Gasteiger partial charge in [0.25, 0.3) is 0 Å². The highest BCUT2D eigenvalue weighted by atomic mass is 32.2. The van der Waals surface area contributed by atoms with E-state index in [2.05, 4.69) is 12.1 Å². The van der Waals surface area contributed by atoms with Crippen LogP contribution in [0.15, 0.2) is 24.3 Å². The zero-order chi connectivity index (χ0) is 11.4. The second-order valence-corrected chi connectivity index (χ2v) is 6.65. The molecule has 0 unspecified atom stereocenters. The zero-order valence-corrected chi connectivity index (χ0v) is 11.2. The van der Waals surface area contributed by atoms with Crippen molar-refractivity contribution in [2.24, 2.45) is 5.73 Å². The van der Waals surface area contributed by atoms with E-state index in [4.69, 9.17) is 22.7 Å². The molecule has 1 heterocycles. The van der Waals surface area contributed by atoms with E-state index in [1.165, 1.54) is 17.1 Å². The molecule has 0 amide bonds. The topological polar surface area (TPSA) is 35.2 Å². The summed E-state index contributed by atoms with van der Waals surface area (Å²) in [5.74, 6) is 3.31. The van der Waals surface area contributed by atoms with E-state index in [0.717, 1.165) is 5.75 Å². The van der Waals surface area contributed by atoms with Gasteiger partial charge in [-0.3, -0.25) is 0 Å². The van der Waals surface area contributed by atoms with Crippen LogP contribution in [0.2, 0.25) is 0 Å². The summed E-state index contributed by atoms with van der Waals surface area (Å²) in [7, 11) is 0. The first-order valence-corrected chi connectivity index (χ1v) is 7.50. The zero-order valence-electron chi connectivity index (χ0n) is 8.72. The van der Waals surface area contributed by atoms with Crippen LogP contribution in [0.1, 0.15) is 10.1 Å². The van der Waals surface area contributed by atoms with Gasteiger partial charge in [0.1, 0.15) is 17.3 Å². The average molecular weight is 271 g/mol. The van der Waals surface area contributed by atoms with Crippen molar-refractivity contribution in [1.82, 2.24) is 0 Å². The van der Waals surface area contributed by atoms with E-state index in [-0.39, 0.29) is 0 Å². The third-order valence-electron chi connectivity index (χ3n) is 2.16. The lowest BCUT2D eigenvalue weighted by molar-refractivity contribution is 0.377. The molecule has 1 aromatic carbocycles. The van der Waals surface area contributed by atoms with Crippen molar-refractivity contribution in [2.75, 3.05) is 18.1 Å². The van der Waals surface area contributed by atoms with E-state index in [1.54, 1.807) is 0 Å². The molecule has 1 aliphatic heterocycles. The van der Waals surface area contributed by atoms with Gasteiger partial charge in [-0.15, -0.1) is 23.5 Å². The number of hydrogen-bond acceptors (Lipinski definition) is 4. The molecule has 5 heteroatoms. The summed E-state index contributed by atoms with van der Waals surface area (Å²) in [6, 6.07) is 8.19. The third kappa shape index (κ3) is 3.30. The number of rotatable bonds is 4. The van der Waals surface area contributed by atoms with Gasteiger partial charge in [-0.05, 0) is 17.7 Å². The van der Waals surface area contributed by atoms with Crippen molar-refractivity contribution in [2.45, 2.75) is 4.58 Å². The molecule has 1 aromatic rings. The van der Waals surface area contributed by atoms with Gasteiger partial charge in [-0.2, -0.15) is 0 Å². The van der Waals surface area contributed by atoms with Crippen LogP contribution in [0.5, 0.6) is 5.75 Å². The molecule has 2 nitrogen and oxygen atoms in total. The Morgan fingerprint density at radius 1 is 1.31 bits per heavy atom. The smallest absolute Gasteiger partial charge is 0.138 e. The fourth-order valence-corrected chi connectivity index (χ4v) is 4.34. The third-order valence-corrected chi connectivity index (χ3v) is 5.38. The molecule has 16 heavy (non-hydrogen) atoms. The Hall–Kier alpha value is -0.390. The van der Waals surface area contributed by atoms with E-state index >= 15 is 0 Å². The van der Waals surface area contributed by atoms with Crippen molar-refractivity contribution in [3.05, 3.63) is 29.8 Å². The second-order valence-electron chi connectivity index (χ2n) is 3.40. The predicted octanol–water partition coefficient (Wildman–Crippen LogP) is 2.83. The summed E-state index contributed by atoms with van der Waals surface area (Å²) in [6.45, 7) is 0.307. The van der Waals surface area contributed by atoms with Gasteiger partial charge in [0.15, 0.2) is 0 Å². The van der Waals surface area contributed by atoms with Gasteiger partial charge in [0.2, 0.25) is 0 Å². The highest BCUT2D eigenvalue weighted by Crippen LogP contribution is 2.45. The van der Waals surface area contributed by atoms with Gasteiger partial charge in [0.05, 0.1) is 4.58 Å². The molecule has 1 aliphatic rings. The van der Waals surface area contributed by atoms with E-state index in [0.29, 0.717) is 16.2 Å². The highest BCUT2D eigenvalue weighted by molar-refractivity contribution is 8.19. The Labute approximate surface area is 109 Å². The van der Waals surface area contributed by atoms with Crippen LogP contribution in [0, 0.1) is 0 Å². The summed E-state index contributed by atoms with van der Waals surface area (Å²) in [6.07, 6.45) is 0. The molecule has 1 saturated heterocycles. The highest BCUT2D eigenvalue weighted by Gasteiger charge is 2.17. The Morgan fingerprint density at radius 3 is 2.50 bits per heavy atom. The van der Waals surface area contributed by atoms with Crippen molar-refractivity contribution in [3.63, 3.8) is 0 Å². The van der Waals surface area contributed by atoms with Crippen molar-refractivity contribution in [3.8, 4) is 5.75 Å². The lowest BCUT2D eigenvalue weighted by Gasteiger charge is -2.09. The van der Waals surface area contributed by atoms with Crippen LogP contribution in [-0.2, 0) is 0 Å². The lowest BCUT2D eigenvalue weighted by atomic mass is 10.2. The van der Waals surface area contributed by atoms with Crippen LogP contribution in [0.3, 0.4) is 0 Å². The van der Waals surface area contributed by atoms with Gasteiger partial charge in [-0.1, -0.05) is 24.4 Å². The molecule has 2 rings (SSSR count). The quantitative estimate of drug-likeness (QED) is 0.852. The molecule has 2 N–H and O–H groups in total. The SMILES string of the molecule is NC(=S)COc1ccc(C2SCCS2)cc1. The standard InChI is InChI=1S/C11H13NOS3/c12-10(14)7-13-9-3-1-8(2-4-9)11-15-5-6-16-11/h1-4,11H,5-7H2,(H2,12,14). The van der Waals surface area contributed by atoms with Crippen molar-refractivity contribution < 1.29 is 4.74 Å². The van der Waals surface area contributed by atoms with Crippen LogP contribution >= 0.6 is 35.7 Å². The van der Waals surface area contributed by atoms with Gasteiger partial charge < -0.3 is 10.5 Å². The van der Waals surface area contributed by atoms with E-state index < -0.39 is 0 Å². The van der Waals surface area contributed by atoms with Crippen LogP contribution < -0.4 is 10.5 Å². The summed E-state index contributed by atoms with van der Waals surface area (Å²) in [5, 5.41) is 0. The minimum absolute atomic E-state index is 0.307. The van der Waals surface area contributed by atoms with E-state index in [1.807, 2.05) is 35.7 Å². The number of thiocarbonyl (C=S) groups is 1. The Bertz CT molecular complexity index is 360. The van der Waals surface area contributed by atoms with Crippen molar-refractivity contribution >= 4 is 40.7 Å². The van der Waals surface area contributed by atoms with Crippen LogP contribution in [0.25, 0.3) is 0 Å². The maximum atomic E-state index is 5.41. The number of thioether (sulfide) groups is 2. The van der Waals surface area contributed by atoms with Crippen LogP contribution in [0.4, 0.5) is 0 Å². The number of benzene rings is 1. The predicted molar refractivity (Wildman–Crippen MR) is 76.4 cm³/mol. The minimum atomic E-state index is 0.307.